The van der Waals surface area contributed by atoms with E-state index in [0.717, 1.165) is 22.5 Å². The Morgan fingerprint density at radius 3 is 2.73 bits per heavy atom. The van der Waals surface area contributed by atoms with E-state index in [1.807, 2.05) is 38.1 Å². The number of rotatable bonds is 2. The maximum Gasteiger partial charge on any atom is 0.278 e. The molecule has 1 aliphatic rings. The first-order valence-electron chi connectivity index (χ1n) is 7.08. The van der Waals surface area contributed by atoms with Crippen molar-refractivity contribution in [2.45, 2.75) is 13.8 Å². The number of nitrogens with zero attached hydrogens (tertiary/aromatic N) is 2. The van der Waals surface area contributed by atoms with Crippen LogP contribution in [0.2, 0.25) is 0 Å². The Labute approximate surface area is 128 Å². The molecule has 1 aliphatic heterocycles. The number of aromatic nitrogens is 2. The van der Waals surface area contributed by atoms with Gasteiger partial charge in [0.25, 0.3) is 5.56 Å². The summed E-state index contributed by atoms with van der Waals surface area (Å²) < 4.78 is 12.6. The molecule has 0 aliphatic carbocycles. The number of fused-ring (bicyclic) bond motifs is 1. The molecule has 0 spiro atoms. The van der Waals surface area contributed by atoms with E-state index in [1.165, 1.54) is 4.68 Å². The minimum absolute atomic E-state index is 0.173. The van der Waals surface area contributed by atoms with Crippen LogP contribution in [-0.2, 0) is 7.05 Å². The largest absolute Gasteiger partial charge is 0.494 e. The summed E-state index contributed by atoms with van der Waals surface area (Å²) in [5.41, 5.74) is 3.85. The molecule has 1 aromatic carbocycles. The number of benzene rings is 1. The fourth-order valence-electron chi connectivity index (χ4n) is 2.86. The molecule has 0 fully saturated rings. The zero-order valence-corrected chi connectivity index (χ0v) is 13.1. The van der Waals surface area contributed by atoms with Crippen LogP contribution in [0.25, 0.3) is 5.57 Å². The van der Waals surface area contributed by atoms with Crippen LogP contribution in [0.1, 0.15) is 23.7 Å². The Hall–Kier alpha value is -2.56. The Morgan fingerprint density at radius 2 is 2.00 bits per heavy atom. The van der Waals surface area contributed by atoms with Crippen molar-refractivity contribution in [2.75, 3.05) is 13.7 Å². The van der Waals surface area contributed by atoms with Crippen molar-refractivity contribution in [1.82, 2.24) is 9.78 Å². The third-order valence-electron chi connectivity index (χ3n) is 3.84. The van der Waals surface area contributed by atoms with E-state index in [1.54, 1.807) is 14.2 Å². The van der Waals surface area contributed by atoms with Crippen LogP contribution >= 0.6 is 0 Å². The molecule has 0 radical (unpaired) electrons. The molecule has 2 aromatic rings. The van der Waals surface area contributed by atoms with Gasteiger partial charge in [0.2, 0.25) is 0 Å². The molecular formula is C17H18N2O3. The van der Waals surface area contributed by atoms with Crippen molar-refractivity contribution in [3.05, 3.63) is 57.0 Å². The topological polar surface area (TPSA) is 53.4 Å². The summed E-state index contributed by atoms with van der Waals surface area (Å²) in [7, 11) is 3.22. The second kappa shape index (κ2) is 5.33. The molecule has 5 nitrogen and oxygen atoms in total. The van der Waals surface area contributed by atoms with Crippen molar-refractivity contribution in [2.24, 2.45) is 7.05 Å². The molecule has 114 valence electrons. The van der Waals surface area contributed by atoms with Crippen LogP contribution in [0, 0.1) is 6.92 Å². The molecule has 0 atom stereocenters. The number of aryl methyl sites for hydroxylation is 2. The fraction of sp³-hybridized carbons (Fsp3) is 0.294. The van der Waals surface area contributed by atoms with E-state index in [2.05, 4.69) is 5.10 Å². The van der Waals surface area contributed by atoms with Gasteiger partial charge < -0.3 is 9.47 Å². The molecule has 0 N–H and O–H groups in total. The SMILES string of the molecule is COc1c(C)nn(C)c(=O)c1C1=C(C)COc2ccccc21. The summed E-state index contributed by atoms with van der Waals surface area (Å²) in [5.74, 6) is 1.30. The monoisotopic (exact) mass is 298 g/mol. The zero-order valence-electron chi connectivity index (χ0n) is 13.1. The highest BCUT2D eigenvalue weighted by Gasteiger charge is 2.26. The molecule has 1 aromatic heterocycles. The van der Waals surface area contributed by atoms with Gasteiger partial charge in [-0.1, -0.05) is 18.2 Å². The molecule has 0 saturated carbocycles. The quantitative estimate of drug-likeness (QED) is 0.854. The van der Waals surface area contributed by atoms with Gasteiger partial charge in [0, 0.05) is 18.2 Å². The normalized spacial score (nSPS) is 13.6. The lowest BCUT2D eigenvalue weighted by Gasteiger charge is -2.24. The lowest BCUT2D eigenvalue weighted by Crippen LogP contribution is -2.27. The van der Waals surface area contributed by atoms with Crippen molar-refractivity contribution >= 4 is 5.57 Å². The second-order valence-corrected chi connectivity index (χ2v) is 5.36. The molecule has 0 amide bonds. The van der Waals surface area contributed by atoms with E-state index < -0.39 is 0 Å². The van der Waals surface area contributed by atoms with Gasteiger partial charge in [-0.15, -0.1) is 0 Å². The van der Waals surface area contributed by atoms with Gasteiger partial charge in [0.05, 0.1) is 12.7 Å². The smallest absolute Gasteiger partial charge is 0.278 e. The summed E-state index contributed by atoms with van der Waals surface area (Å²) >= 11 is 0. The van der Waals surface area contributed by atoms with E-state index in [0.29, 0.717) is 23.6 Å². The van der Waals surface area contributed by atoms with Crippen LogP contribution in [0.15, 0.2) is 34.6 Å². The van der Waals surface area contributed by atoms with Gasteiger partial charge in [-0.05, 0) is 25.5 Å². The predicted octanol–water partition coefficient (Wildman–Crippen LogP) is 2.31. The Morgan fingerprint density at radius 1 is 1.27 bits per heavy atom. The summed E-state index contributed by atoms with van der Waals surface area (Å²) in [5, 5.41) is 4.21. The fourth-order valence-corrected chi connectivity index (χ4v) is 2.86. The van der Waals surface area contributed by atoms with Gasteiger partial charge in [-0.3, -0.25) is 4.79 Å². The minimum Gasteiger partial charge on any atom is -0.494 e. The second-order valence-electron chi connectivity index (χ2n) is 5.36. The number of methoxy groups -OCH3 is 1. The van der Waals surface area contributed by atoms with Crippen molar-refractivity contribution < 1.29 is 9.47 Å². The maximum atomic E-state index is 12.7. The van der Waals surface area contributed by atoms with Crippen LogP contribution in [-0.4, -0.2) is 23.5 Å². The summed E-state index contributed by atoms with van der Waals surface area (Å²) in [4.78, 5) is 12.7. The number of hydrogen-bond donors (Lipinski definition) is 0. The summed E-state index contributed by atoms with van der Waals surface area (Å²) in [6, 6.07) is 7.73. The van der Waals surface area contributed by atoms with Crippen LogP contribution in [0.3, 0.4) is 0 Å². The number of hydrogen-bond acceptors (Lipinski definition) is 4. The van der Waals surface area contributed by atoms with Gasteiger partial charge in [-0.25, -0.2) is 4.68 Å². The molecule has 22 heavy (non-hydrogen) atoms. The Balaban J connectivity index is 2.39. The Kier molecular flexibility index (Phi) is 3.48. The van der Waals surface area contributed by atoms with Gasteiger partial charge >= 0.3 is 0 Å². The standard InChI is InChI=1S/C17H18N2O3/c1-10-9-22-13-8-6-5-7-12(13)14(10)15-16(21-4)11(2)18-19(3)17(15)20/h5-8H,9H2,1-4H3. The first-order chi connectivity index (χ1) is 10.5. The summed E-state index contributed by atoms with van der Waals surface area (Å²) in [6.07, 6.45) is 0. The molecule has 5 heteroatoms. The van der Waals surface area contributed by atoms with E-state index >= 15 is 0 Å². The lowest BCUT2D eigenvalue weighted by atomic mass is 9.91. The minimum atomic E-state index is -0.173. The Bertz CT molecular complexity index is 834. The highest BCUT2D eigenvalue weighted by molar-refractivity contribution is 5.88. The van der Waals surface area contributed by atoms with Gasteiger partial charge in [0.1, 0.15) is 18.1 Å². The summed E-state index contributed by atoms with van der Waals surface area (Å²) in [6.45, 7) is 4.27. The number of ether oxygens (including phenoxy) is 2. The van der Waals surface area contributed by atoms with Crippen molar-refractivity contribution in [3.63, 3.8) is 0 Å². The highest BCUT2D eigenvalue weighted by atomic mass is 16.5. The van der Waals surface area contributed by atoms with Crippen molar-refractivity contribution in [1.29, 1.82) is 0 Å². The van der Waals surface area contributed by atoms with Gasteiger partial charge in [0.15, 0.2) is 5.75 Å². The van der Waals surface area contributed by atoms with Gasteiger partial charge in [-0.2, -0.15) is 5.10 Å². The molecular weight excluding hydrogens is 280 g/mol. The van der Waals surface area contributed by atoms with Crippen LogP contribution in [0.5, 0.6) is 11.5 Å². The third kappa shape index (κ3) is 2.09. The molecule has 0 saturated heterocycles. The predicted molar refractivity (Wildman–Crippen MR) is 84.4 cm³/mol. The lowest BCUT2D eigenvalue weighted by molar-refractivity contribution is 0.345. The van der Waals surface area contributed by atoms with Crippen molar-refractivity contribution in [3.8, 4) is 11.5 Å². The maximum absolute atomic E-state index is 12.7. The molecule has 2 heterocycles. The molecule has 0 unspecified atom stereocenters. The average Bonchev–Trinajstić information content (AvgIpc) is 2.51. The van der Waals surface area contributed by atoms with Crippen LogP contribution < -0.4 is 15.0 Å². The zero-order chi connectivity index (χ0) is 15.9. The molecule has 0 bridgehead atoms. The third-order valence-corrected chi connectivity index (χ3v) is 3.84. The number of para-hydroxylation sites is 1. The first-order valence-corrected chi connectivity index (χ1v) is 7.08. The van der Waals surface area contributed by atoms with Crippen LogP contribution in [0.4, 0.5) is 0 Å². The first kappa shape index (κ1) is 14.4. The average molecular weight is 298 g/mol. The molecule has 3 rings (SSSR count). The van der Waals surface area contributed by atoms with E-state index in [4.69, 9.17) is 9.47 Å². The van der Waals surface area contributed by atoms with E-state index in [9.17, 15) is 4.79 Å². The highest BCUT2D eigenvalue weighted by Crippen LogP contribution is 2.39. The van der Waals surface area contributed by atoms with E-state index in [-0.39, 0.29) is 5.56 Å².